The van der Waals surface area contributed by atoms with Crippen LogP contribution in [-0.4, -0.2) is 4.98 Å². The van der Waals surface area contributed by atoms with Gasteiger partial charge in [-0.1, -0.05) is 0 Å². The van der Waals surface area contributed by atoms with Crippen LogP contribution in [0.15, 0.2) is 41.3 Å². The van der Waals surface area contributed by atoms with Gasteiger partial charge in [-0.05, 0) is 43.5 Å². The number of aromatic nitrogens is 1. The minimum atomic E-state index is 0.332. The van der Waals surface area contributed by atoms with Crippen LogP contribution in [0.3, 0.4) is 0 Å². The van der Waals surface area contributed by atoms with Gasteiger partial charge in [0.25, 0.3) is 0 Å². The van der Waals surface area contributed by atoms with Crippen LogP contribution in [0.2, 0.25) is 0 Å². The van der Waals surface area contributed by atoms with Crippen molar-refractivity contribution in [1.82, 2.24) is 10.3 Å². The zero-order valence-electron chi connectivity index (χ0n) is 10.6. The van der Waals surface area contributed by atoms with Gasteiger partial charge < -0.3 is 9.73 Å². The van der Waals surface area contributed by atoms with E-state index in [9.17, 15) is 0 Å². The molecular formula is C15H18N2O. The molecule has 0 amide bonds. The lowest BCUT2D eigenvalue weighted by molar-refractivity contribution is 0.385. The first-order valence-electron chi connectivity index (χ1n) is 6.57. The van der Waals surface area contributed by atoms with E-state index in [2.05, 4.69) is 35.4 Å². The van der Waals surface area contributed by atoms with Crippen molar-refractivity contribution in [2.24, 2.45) is 0 Å². The summed E-state index contributed by atoms with van der Waals surface area (Å²) in [6.07, 6.45) is 8.95. The van der Waals surface area contributed by atoms with E-state index in [-0.39, 0.29) is 0 Å². The average Bonchev–Trinajstić information content (AvgIpc) is 2.89. The van der Waals surface area contributed by atoms with E-state index in [1.807, 2.05) is 18.7 Å². The number of aryl methyl sites for hydroxylation is 1. The maximum atomic E-state index is 5.52. The summed E-state index contributed by atoms with van der Waals surface area (Å²) in [7, 11) is 0. The van der Waals surface area contributed by atoms with E-state index in [0.717, 1.165) is 12.2 Å². The Kier molecular flexibility index (Phi) is 3.15. The molecule has 0 aliphatic heterocycles. The zero-order chi connectivity index (χ0) is 12.4. The molecule has 3 nitrogen and oxygen atoms in total. The van der Waals surface area contributed by atoms with Crippen molar-refractivity contribution in [2.75, 3.05) is 0 Å². The number of rotatable bonds is 3. The summed E-state index contributed by atoms with van der Waals surface area (Å²) in [5, 5.41) is 3.69. The van der Waals surface area contributed by atoms with Gasteiger partial charge in [-0.15, -0.1) is 0 Å². The number of hydrogen-bond donors (Lipinski definition) is 1. The normalized spacial score (nSPS) is 20.4. The van der Waals surface area contributed by atoms with Crippen LogP contribution < -0.4 is 5.32 Å². The van der Waals surface area contributed by atoms with Gasteiger partial charge >= 0.3 is 0 Å². The molecule has 94 valence electrons. The number of nitrogens with zero attached hydrogens (tertiary/aromatic N) is 1. The Morgan fingerprint density at radius 2 is 2.17 bits per heavy atom. The molecule has 3 rings (SSSR count). The summed E-state index contributed by atoms with van der Waals surface area (Å²) in [4.78, 5) is 4.06. The molecule has 0 spiro atoms. The number of nitrogens with one attached hydrogen (secondary N) is 1. The molecule has 0 saturated heterocycles. The Morgan fingerprint density at radius 3 is 3.00 bits per heavy atom. The molecule has 0 fully saturated rings. The van der Waals surface area contributed by atoms with Crippen molar-refractivity contribution >= 4 is 0 Å². The highest BCUT2D eigenvalue weighted by atomic mass is 16.3. The Morgan fingerprint density at radius 1 is 1.33 bits per heavy atom. The number of fused-ring (bicyclic) bond motifs is 1. The van der Waals surface area contributed by atoms with E-state index in [1.54, 1.807) is 0 Å². The summed E-state index contributed by atoms with van der Waals surface area (Å²) in [5.41, 5.74) is 2.61. The quantitative estimate of drug-likeness (QED) is 0.896. The van der Waals surface area contributed by atoms with Crippen LogP contribution in [0.1, 0.15) is 48.7 Å². The van der Waals surface area contributed by atoms with Gasteiger partial charge in [0.05, 0.1) is 6.26 Å². The van der Waals surface area contributed by atoms with Crippen LogP contribution in [-0.2, 0) is 6.42 Å². The van der Waals surface area contributed by atoms with Crippen LogP contribution >= 0.6 is 0 Å². The van der Waals surface area contributed by atoms with E-state index in [4.69, 9.17) is 4.42 Å². The molecule has 2 heterocycles. The Bertz CT molecular complexity index is 506. The van der Waals surface area contributed by atoms with Crippen molar-refractivity contribution in [3.05, 3.63) is 53.7 Å². The third kappa shape index (κ3) is 2.18. The van der Waals surface area contributed by atoms with Crippen molar-refractivity contribution in [2.45, 2.75) is 38.3 Å². The van der Waals surface area contributed by atoms with Crippen LogP contribution in [0.5, 0.6) is 0 Å². The summed E-state index contributed by atoms with van der Waals surface area (Å²) >= 11 is 0. The van der Waals surface area contributed by atoms with Gasteiger partial charge in [0, 0.05) is 36.5 Å². The highest BCUT2D eigenvalue weighted by molar-refractivity contribution is 5.25. The summed E-state index contributed by atoms with van der Waals surface area (Å²) in [6.45, 7) is 2.20. The molecule has 18 heavy (non-hydrogen) atoms. The van der Waals surface area contributed by atoms with Crippen molar-refractivity contribution < 1.29 is 4.42 Å². The molecular weight excluding hydrogens is 224 g/mol. The average molecular weight is 242 g/mol. The molecule has 2 aromatic rings. The fourth-order valence-electron chi connectivity index (χ4n) is 2.71. The minimum absolute atomic E-state index is 0.332. The maximum Gasteiger partial charge on any atom is 0.108 e. The minimum Gasteiger partial charge on any atom is -0.469 e. The first-order valence-corrected chi connectivity index (χ1v) is 6.57. The van der Waals surface area contributed by atoms with E-state index < -0.39 is 0 Å². The smallest absolute Gasteiger partial charge is 0.108 e. The van der Waals surface area contributed by atoms with Gasteiger partial charge in [-0.25, -0.2) is 0 Å². The van der Waals surface area contributed by atoms with Gasteiger partial charge in [-0.3, -0.25) is 4.98 Å². The number of pyridine rings is 1. The molecule has 0 bridgehead atoms. The molecule has 2 atom stereocenters. The molecule has 1 aliphatic carbocycles. The van der Waals surface area contributed by atoms with Gasteiger partial charge in [0.1, 0.15) is 5.76 Å². The SMILES string of the molecule is CC(NC1CCCc2occc21)c1ccncc1. The lowest BCUT2D eigenvalue weighted by Crippen LogP contribution is -2.27. The summed E-state index contributed by atoms with van der Waals surface area (Å²) < 4.78 is 5.52. The van der Waals surface area contributed by atoms with Crippen LogP contribution in [0.25, 0.3) is 0 Å². The molecule has 0 aromatic carbocycles. The van der Waals surface area contributed by atoms with Crippen molar-refractivity contribution in [3.8, 4) is 0 Å². The second-order valence-electron chi connectivity index (χ2n) is 4.91. The molecule has 2 unspecified atom stereocenters. The molecule has 0 saturated carbocycles. The molecule has 1 N–H and O–H groups in total. The molecule has 2 aromatic heterocycles. The summed E-state index contributed by atoms with van der Waals surface area (Å²) in [6, 6.07) is 6.98. The first-order chi connectivity index (χ1) is 8.84. The molecule has 1 aliphatic rings. The Balaban J connectivity index is 1.75. The van der Waals surface area contributed by atoms with Gasteiger partial charge in [0.2, 0.25) is 0 Å². The fraction of sp³-hybridized carbons (Fsp3) is 0.400. The Hall–Kier alpha value is -1.61. The third-order valence-electron chi connectivity index (χ3n) is 3.71. The highest BCUT2D eigenvalue weighted by Crippen LogP contribution is 2.32. The monoisotopic (exact) mass is 242 g/mol. The second-order valence-corrected chi connectivity index (χ2v) is 4.91. The topological polar surface area (TPSA) is 38.1 Å². The maximum absolute atomic E-state index is 5.52. The highest BCUT2D eigenvalue weighted by Gasteiger charge is 2.23. The predicted molar refractivity (Wildman–Crippen MR) is 70.2 cm³/mol. The largest absolute Gasteiger partial charge is 0.469 e. The van der Waals surface area contributed by atoms with Crippen LogP contribution in [0, 0.1) is 0 Å². The molecule has 0 radical (unpaired) electrons. The molecule has 3 heteroatoms. The van der Waals surface area contributed by atoms with Crippen LogP contribution in [0.4, 0.5) is 0 Å². The zero-order valence-corrected chi connectivity index (χ0v) is 10.6. The second kappa shape index (κ2) is 4.94. The number of furan rings is 1. The first kappa shape index (κ1) is 11.5. The van der Waals surface area contributed by atoms with Gasteiger partial charge in [-0.2, -0.15) is 0 Å². The van der Waals surface area contributed by atoms with Crippen molar-refractivity contribution in [1.29, 1.82) is 0 Å². The standard InChI is InChI=1S/C15H18N2O/c1-11(12-5-8-16-9-6-12)17-14-3-2-4-15-13(14)7-10-18-15/h5-11,14,17H,2-4H2,1H3. The fourth-order valence-corrected chi connectivity index (χ4v) is 2.71. The lowest BCUT2D eigenvalue weighted by Gasteiger charge is -2.26. The number of hydrogen-bond acceptors (Lipinski definition) is 3. The van der Waals surface area contributed by atoms with E-state index >= 15 is 0 Å². The van der Waals surface area contributed by atoms with Crippen molar-refractivity contribution in [3.63, 3.8) is 0 Å². The predicted octanol–water partition coefficient (Wildman–Crippen LogP) is 3.40. The van der Waals surface area contributed by atoms with E-state index in [0.29, 0.717) is 12.1 Å². The Labute approximate surface area is 107 Å². The summed E-state index contributed by atoms with van der Waals surface area (Å²) in [5.74, 6) is 1.15. The third-order valence-corrected chi connectivity index (χ3v) is 3.71. The lowest BCUT2D eigenvalue weighted by atomic mass is 9.92. The van der Waals surface area contributed by atoms with Gasteiger partial charge in [0.15, 0.2) is 0 Å². The van der Waals surface area contributed by atoms with E-state index in [1.165, 1.54) is 24.0 Å².